The highest BCUT2D eigenvalue weighted by Gasteiger charge is 2.02. The van der Waals surface area contributed by atoms with Gasteiger partial charge in [-0.15, -0.1) is 0 Å². The molecule has 0 bridgehead atoms. The Morgan fingerprint density at radius 3 is 1.67 bits per heavy atom. The average Bonchev–Trinajstić information content (AvgIpc) is 2.22. The van der Waals surface area contributed by atoms with Crippen molar-refractivity contribution in [3.8, 4) is 0 Å². The first-order valence-electron chi connectivity index (χ1n) is 5.38. The maximum atomic E-state index is 10.4. The van der Waals surface area contributed by atoms with Crippen molar-refractivity contribution >= 4 is 6.16 Å². The van der Waals surface area contributed by atoms with E-state index in [2.05, 4.69) is 30.6 Å². The number of aliphatic hydroxyl groups excluding tert-OH is 1. The molecule has 0 saturated heterocycles. The van der Waals surface area contributed by atoms with Crippen LogP contribution in [0.3, 0.4) is 0 Å². The number of ether oxygens (including phenoxy) is 2. The maximum absolute atomic E-state index is 10.4. The molecule has 0 aliphatic heterocycles. The predicted octanol–water partition coefficient (Wildman–Crippen LogP) is -1.10. The molecule has 0 heterocycles. The Balaban J connectivity index is -0.000000251. The first-order valence-corrected chi connectivity index (χ1v) is 5.38. The second kappa shape index (κ2) is 14.0. The molecule has 0 aromatic heterocycles. The Hall–Kier alpha value is -1.04. The van der Waals surface area contributed by atoms with Gasteiger partial charge in [0.25, 0.3) is 0 Å². The van der Waals surface area contributed by atoms with E-state index in [4.69, 9.17) is 5.11 Å². The third-order valence-corrected chi connectivity index (χ3v) is 1.37. The Morgan fingerprint density at radius 1 is 1.11 bits per heavy atom. The van der Waals surface area contributed by atoms with Gasteiger partial charge in [-0.25, -0.2) is 4.79 Å². The van der Waals surface area contributed by atoms with Gasteiger partial charge in [0.15, 0.2) is 0 Å². The minimum absolute atomic E-state index is 0. The highest BCUT2D eigenvalue weighted by molar-refractivity contribution is 5.61. The van der Waals surface area contributed by atoms with Gasteiger partial charge < -0.3 is 31.5 Å². The molecule has 0 rings (SSSR count). The number of carbonyl (C=O) groups is 1. The Kier molecular flexibility index (Phi) is 17.3. The van der Waals surface area contributed by atoms with Crippen LogP contribution in [0.15, 0.2) is 24.7 Å². The summed E-state index contributed by atoms with van der Waals surface area (Å²) in [5.74, 6) is 0. The summed E-state index contributed by atoms with van der Waals surface area (Å²) >= 11 is 0. The van der Waals surface area contributed by atoms with Gasteiger partial charge in [0.2, 0.25) is 0 Å². The lowest BCUT2D eigenvalue weighted by atomic mass is 10.5. The van der Waals surface area contributed by atoms with Crippen molar-refractivity contribution in [2.45, 2.75) is 13.8 Å². The van der Waals surface area contributed by atoms with Gasteiger partial charge >= 0.3 is 6.16 Å². The minimum Gasteiger partial charge on any atom is -1.00 e. The number of halogens is 1. The van der Waals surface area contributed by atoms with E-state index in [0.29, 0.717) is 0 Å². The van der Waals surface area contributed by atoms with Gasteiger partial charge in [-0.1, -0.05) is 12.2 Å². The smallest absolute Gasteiger partial charge is 0.518 e. The summed E-state index contributed by atoms with van der Waals surface area (Å²) in [6.45, 7) is 4.59. The van der Waals surface area contributed by atoms with Crippen molar-refractivity contribution in [3.05, 3.63) is 24.7 Å². The number of likely N-dealkylation sites (N-methyl/N-ethyl adjacent to an activating group) is 1. The molecule has 1 N–H and O–H groups in total. The summed E-state index contributed by atoms with van der Waals surface area (Å²) in [4.78, 5) is 10.4. The monoisotopic (exact) mass is 281 g/mol. The summed E-state index contributed by atoms with van der Waals surface area (Å²) in [7, 11) is 6.16. The van der Waals surface area contributed by atoms with Gasteiger partial charge in [-0.2, -0.15) is 0 Å². The first-order chi connectivity index (χ1) is 7.87. The van der Waals surface area contributed by atoms with E-state index in [1.807, 2.05) is 0 Å². The third-order valence-electron chi connectivity index (χ3n) is 1.37. The van der Waals surface area contributed by atoms with E-state index in [1.54, 1.807) is 26.0 Å². The molecule has 6 heteroatoms. The van der Waals surface area contributed by atoms with Gasteiger partial charge in [0, 0.05) is 0 Å². The fraction of sp³-hybridized carbons (Fsp3) is 0.583. The lowest BCUT2D eigenvalue weighted by Gasteiger charge is -2.21. The lowest BCUT2D eigenvalue weighted by molar-refractivity contribution is -0.870. The van der Waals surface area contributed by atoms with Crippen LogP contribution < -0.4 is 12.4 Å². The molecule has 0 spiro atoms. The normalized spacial score (nSPS) is 10.6. The van der Waals surface area contributed by atoms with E-state index < -0.39 is 6.16 Å². The maximum Gasteiger partial charge on any atom is 0.518 e. The molecule has 108 valence electrons. The number of nitrogens with zero attached hydrogens (tertiary/aromatic N) is 1. The molecule has 0 aromatic carbocycles. The van der Waals surface area contributed by atoms with E-state index >= 15 is 0 Å². The van der Waals surface area contributed by atoms with E-state index in [9.17, 15) is 4.79 Å². The summed E-state index contributed by atoms with van der Waals surface area (Å²) in [5, 5.41) is 8.39. The van der Waals surface area contributed by atoms with Crippen molar-refractivity contribution < 1.29 is 36.3 Å². The Bertz CT molecular complexity index is 231. The number of rotatable bonds is 4. The molecule has 0 fully saturated rings. The topological polar surface area (TPSA) is 55.8 Å². The van der Waals surface area contributed by atoms with Crippen LogP contribution in [0.25, 0.3) is 0 Å². The summed E-state index contributed by atoms with van der Waals surface area (Å²) < 4.78 is 9.64. The van der Waals surface area contributed by atoms with Crippen molar-refractivity contribution in [2.75, 3.05) is 34.3 Å². The Morgan fingerprint density at radius 2 is 1.50 bits per heavy atom. The zero-order chi connectivity index (χ0) is 13.7. The van der Waals surface area contributed by atoms with Crippen molar-refractivity contribution in [2.24, 2.45) is 0 Å². The zero-order valence-electron chi connectivity index (χ0n) is 11.7. The van der Waals surface area contributed by atoms with Crippen LogP contribution in [0, 0.1) is 0 Å². The van der Waals surface area contributed by atoms with Crippen molar-refractivity contribution in [1.29, 1.82) is 0 Å². The first kappa shape index (κ1) is 22.2. The van der Waals surface area contributed by atoms with Gasteiger partial charge in [-0.3, -0.25) is 0 Å². The minimum atomic E-state index is -0.726. The summed E-state index contributed by atoms with van der Waals surface area (Å²) in [5.41, 5.74) is 0. The third kappa shape index (κ3) is 24.3. The molecule has 0 saturated carbocycles. The molecule has 0 atom stereocenters. The van der Waals surface area contributed by atoms with Crippen molar-refractivity contribution in [1.82, 2.24) is 0 Å². The fourth-order valence-electron chi connectivity index (χ4n) is 0.575. The van der Waals surface area contributed by atoms with Crippen LogP contribution in [0.2, 0.25) is 0 Å². The molecule has 0 aromatic rings. The molecular weight excluding hydrogens is 258 g/mol. The van der Waals surface area contributed by atoms with Gasteiger partial charge in [0.05, 0.1) is 40.3 Å². The van der Waals surface area contributed by atoms with E-state index in [1.165, 1.54) is 12.5 Å². The number of carbonyl (C=O) groups excluding carboxylic acids is 1. The average molecular weight is 282 g/mol. The van der Waals surface area contributed by atoms with Crippen LogP contribution in [-0.4, -0.2) is 50.0 Å². The zero-order valence-corrected chi connectivity index (χ0v) is 12.5. The van der Waals surface area contributed by atoms with E-state index in [-0.39, 0.29) is 19.0 Å². The second-order valence-electron chi connectivity index (χ2n) is 4.16. The SMILES string of the molecule is CC=COC(=O)OC=CC.C[N+](C)(C)CCO.[Cl-]. The van der Waals surface area contributed by atoms with E-state index in [0.717, 1.165) is 11.0 Å². The number of aliphatic hydroxyl groups is 1. The van der Waals surface area contributed by atoms with Gasteiger partial charge in [0.1, 0.15) is 6.54 Å². The molecule has 5 nitrogen and oxygen atoms in total. The number of quaternary nitrogens is 1. The fourth-order valence-corrected chi connectivity index (χ4v) is 0.575. The molecule has 18 heavy (non-hydrogen) atoms. The second-order valence-corrected chi connectivity index (χ2v) is 4.16. The predicted molar refractivity (Wildman–Crippen MR) is 67.2 cm³/mol. The highest BCUT2D eigenvalue weighted by atomic mass is 35.5. The highest BCUT2D eigenvalue weighted by Crippen LogP contribution is 1.87. The van der Waals surface area contributed by atoms with Crippen LogP contribution in [0.5, 0.6) is 0 Å². The Labute approximate surface area is 116 Å². The number of hydrogen-bond acceptors (Lipinski definition) is 4. The summed E-state index contributed by atoms with van der Waals surface area (Å²) in [6, 6.07) is 0. The standard InChI is InChI=1S/C7H10O3.C5H14NO.ClH/c1-3-5-9-7(8)10-6-4-2;1-6(2,3)4-5-7;/h3-6H,1-2H3;7H,4-5H2,1-3H3;1H/q;+1;/p-1. The van der Waals surface area contributed by atoms with Gasteiger partial charge in [-0.05, 0) is 13.8 Å². The lowest BCUT2D eigenvalue weighted by Crippen LogP contribution is -3.00. The van der Waals surface area contributed by atoms with Crippen LogP contribution in [-0.2, 0) is 9.47 Å². The quantitative estimate of drug-likeness (QED) is 0.404. The number of hydrogen-bond donors (Lipinski definition) is 1. The molecule has 0 radical (unpaired) electrons. The van der Waals surface area contributed by atoms with Crippen LogP contribution in [0.4, 0.5) is 4.79 Å². The molecule has 0 aliphatic rings. The van der Waals surface area contributed by atoms with Crippen LogP contribution in [0.1, 0.15) is 13.8 Å². The summed E-state index contributed by atoms with van der Waals surface area (Å²) in [6.07, 6.45) is 4.97. The molecule has 0 unspecified atom stereocenters. The number of allylic oxidation sites excluding steroid dienone is 2. The van der Waals surface area contributed by atoms with Crippen LogP contribution >= 0.6 is 0 Å². The van der Waals surface area contributed by atoms with Crippen molar-refractivity contribution in [3.63, 3.8) is 0 Å². The molecule has 0 aliphatic carbocycles. The molecular formula is C12H24ClNO4. The molecule has 0 amide bonds. The largest absolute Gasteiger partial charge is 1.00 e.